The number of carbonyl (C=O) groups excluding carboxylic acids is 2. The molecule has 1 aliphatic rings. The molecule has 3 aromatic rings. The molecule has 7 heteroatoms. The molecule has 0 saturated carbocycles. The minimum atomic E-state index is -0.169. The summed E-state index contributed by atoms with van der Waals surface area (Å²) in [6.45, 7) is 3.17. The Bertz CT molecular complexity index is 1040. The molecule has 1 fully saturated rings. The van der Waals surface area contributed by atoms with Gasteiger partial charge in [0.05, 0.1) is 11.8 Å². The second-order valence-electron chi connectivity index (χ2n) is 7.43. The number of likely N-dealkylation sites (tertiary alicyclic amines) is 1. The molecule has 1 unspecified atom stereocenters. The van der Waals surface area contributed by atoms with Crippen molar-refractivity contribution in [3.8, 4) is 11.4 Å². The van der Waals surface area contributed by atoms with Crippen LogP contribution in [0.5, 0.6) is 0 Å². The van der Waals surface area contributed by atoms with Crippen molar-refractivity contribution in [2.75, 3.05) is 20.1 Å². The Morgan fingerprint density at radius 1 is 1.17 bits per heavy atom. The van der Waals surface area contributed by atoms with E-state index in [0.717, 1.165) is 12.0 Å². The van der Waals surface area contributed by atoms with E-state index in [-0.39, 0.29) is 23.7 Å². The third-order valence-electron chi connectivity index (χ3n) is 5.50. The van der Waals surface area contributed by atoms with Crippen LogP contribution in [0.15, 0.2) is 59.1 Å². The van der Waals surface area contributed by atoms with Gasteiger partial charge in [-0.2, -0.15) is 4.98 Å². The fourth-order valence-corrected chi connectivity index (χ4v) is 3.74. The van der Waals surface area contributed by atoms with E-state index in [9.17, 15) is 9.59 Å². The number of benzene rings is 2. The molecule has 1 aliphatic heterocycles. The largest absolute Gasteiger partial charge is 0.355 e. The molecule has 1 aromatic heterocycles. The summed E-state index contributed by atoms with van der Waals surface area (Å²) in [4.78, 5) is 31.1. The Morgan fingerprint density at radius 3 is 2.63 bits per heavy atom. The average Bonchev–Trinajstić information content (AvgIpc) is 3.23. The first kappa shape index (κ1) is 19.8. The van der Waals surface area contributed by atoms with Gasteiger partial charge < -0.3 is 14.7 Å². The van der Waals surface area contributed by atoms with Crippen LogP contribution < -0.4 is 5.32 Å². The van der Waals surface area contributed by atoms with E-state index < -0.39 is 0 Å². The lowest BCUT2D eigenvalue weighted by atomic mass is 9.91. The zero-order valence-electron chi connectivity index (χ0n) is 17.0. The molecule has 1 N–H and O–H groups in total. The normalized spacial score (nSPS) is 14.8. The second-order valence-corrected chi connectivity index (χ2v) is 7.43. The van der Waals surface area contributed by atoms with Crippen molar-refractivity contribution < 1.29 is 14.1 Å². The van der Waals surface area contributed by atoms with Crippen LogP contribution in [0.3, 0.4) is 0 Å². The maximum atomic E-state index is 12.9. The van der Waals surface area contributed by atoms with Crippen LogP contribution in [0.4, 0.5) is 0 Å². The number of aromatic nitrogens is 2. The molecule has 1 atom stereocenters. The SMILES string of the molecule is CCC(C(=O)N1CC(c2nc(-c3cccc(C(=O)NC)c3)no2)C1)c1ccccc1. The number of carbonyl (C=O) groups is 2. The topological polar surface area (TPSA) is 88.3 Å². The third kappa shape index (κ3) is 3.83. The molecule has 7 nitrogen and oxygen atoms in total. The smallest absolute Gasteiger partial charge is 0.251 e. The van der Waals surface area contributed by atoms with E-state index in [0.29, 0.717) is 35.9 Å². The highest BCUT2D eigenvalue weighted by atomic mass is 16.5. The molecule has 4 rings (SSSR count). The first-order chi connectivity index (χ1) is 14.6. The molecule has 0 radical (unpaired) electrons. The molecule has 0 aliphatic carbocycles. The number of nitrogens with one attached hydrogen (secondary N) is 1. The van der Waals surface area contributed by atoms with E-state index in [2.05, 4.69) is 15.5 Å². The third-order valence-corrected chi connectivity index (χ3v) is 5.50. The minimum Gasteiger partial charge on any atom is -0.355 e. The van der Waals surface area contributed by atoms with Crippen molar-refractivity contribution in [3.05, 3.63) is 71.6 Å². The van der Waals surface area contributed by atoms with E-state index in [4.69, 9.17) is 4.52 Å². The number of rotatable bonds is 6. The summed E-state index contributed by atoms with van der Waals surface area (Å²) in [5.74, 6) is 0.836. The van der Waals surface area contributed by atoms with Gasteiger partial charge in [-0.1, -0.05) is 54.5 Å². The van der Waals surface area contributed by atoms with Gasteiger partial charge in [0, 0.05) is 31.3 Å². The van der Waals surface area contributed by atoms with Gasteiger partial charge in [-0.3, -0.25) is 9.59 Å². The van der Waals surface area contributed by atoms with Crippen LogP contribution in [0.2, 0.25) is 0 Å². The van der Waals surface area contributed by atoms with Crippen LogP contribution in [0, 0.1) is 0 Å². The Balaban J connectivity index is 1.42. The zero-order chi connectivity index (χ0) is 21.1. The summed E-state index contributed by atoms with van der Waals surface area (Å²) in [7, 11) is 1.59. The standard InChI is InChI=1S/C23H24N4O3/c1-3-19(15-8-5-4-6-9-15)23(29)27-13-18(14-27)22-25-20(26-30-22)16-10-7-11-17(12-16)21(28)24-2/h4-12,18-19H,3,13-14H2,1-2H3,(H,24,28). The number of hydrogen-bond donors (Lipinski definition) is 1. The van der Waals surface area contributed by atoms with Crippen LogP contribution >= 0.6 is 0 Å². The van der Waals surface area contributed by atoms with Gasteiger partial charge in [-0.15, -0.1) is 0 Å². The molecule has 0 bridgehead atoms. The highest BCUT2D eigenvalue weighted by molar-refractivity contribution is 5.95. The molecule has 2 aromatic carbocycles. The monoisotopic (exact) mass is 404 g/mol. The van der Waals surface area contributed by atoms with E-state index in [1.807, 2.05) is 48.2 Å². The lowest BCUT2D eigenvalue weighted by Gasteiger charge is -2.39. The summed E-state index contributed by atoms with van der Waals surface area (Å²) in [6.07, 6.45) is 0.760. The van der Waals surface area contributed by atoms with Crippen molar-refractivity contribution in [3.63, 3.8) is 0 Å². The molecule has 2 amide bonds. The van der Waals surface area contributed by atoms with Gasteiger partial charge in [-0.05, 0) is 24.1 Å². The Morgan fingerprint density at radius 2 is 1.93 bits per heavy atom. The number of nitrogens with zero attached hydrogens (tertiary/aromatic N) is 3. The predicted octanol–water partition coefficient (Wildman–Crippen LogP) is 3.22. The Kier molecular flexibility index (Phi) is 5.61. The molecule has 1 saturated heterocycles. The van der Waals surface area contributed by atoms with Gasteiger partial charge in [0.2, 0.25) is 17.6 Å². The Labute approximate surface area is 175 Å². The molecular formula is C23H24N4O3. The second kappa shape index (κ2) is 8.49. The Hall–Kier alpha value is -3.48. The first-order valence-electron chi connectivity index (χ1n) is 10.1. The lowest BCUT2D eigenvalue weighted by Crippen LogP contribution is -2.50. The van der Waals surface area contributed by atoms with Crippen molar-refractivity contribution in [1.29, 1.82) is 0 Å². The van der Waals surface area contributed by atoms with Crippen molar-refractivity contribution in [2.24, 2.45) is 0 Å². The fraction of sp³-hybridized carbons (Fsp3) is 0.304. The van der Waals surface area contributed by atoms with Gasteiger partial charge >= 0.3 is 0 Å². The quantitative estimate of drug-likeness (QED) is 0.682. The molecule has 154 valence electrons. The maximum Gasteiger partial charge on any atom is 0.251 e. The lowest BCUT2D eigenvalue weighted by molar-refractivity contribution is -0.137. The maximum absolute atomic E-state index is 12.9. The molecule has 30 heavy (non-hydrogen) atoms. The highest BCUT2D eigenvalue weighted by Gasteiger charge is 2.38. The molecule has 2 heterocycles. The van der Waals surface area contributed by atoms with Gasteiger partial charge in [0.1, 0.15) is 0 Å². The fourth-order valence-electron chi connectivity index (χ4n) is 3.74. The summed E-state index contributed by atoms with van der Waals surface area (Å²) in [6, 6.07) is 17.0. The van der Waals surface area contributed by atoms with Crippen molar-refractivity contribution in [1.82, 2.24) is 20.4 Å². The zero-order valence-corrected chi connectivity index (χ0v) is 17.0. The highest BCUT2D eigenvalue weighted by Crippen LogP contribution is 2.31. The molecular weight excluding hydrogens is 380 g/mol. The van der Waals surface area contributed by atoms with Gasteiger partial charge in [0.25, 0.3) is 5.91 Å². The van der Waals surface area contributed by atoms with Crippen molar-refractivity contribution >= 4 is 11.8 Å². The summed E-state index contributed by atoms with van der Waals surface area (Å²) in [5.41, 5.74) is 2.30. The van der Waals surface area contributed by atoms with Crippen LogP contribution in [0.1, 0.15) is 47.0 Å². The van der Waals surface area contributed by atoms with E-state index >= 15 is 0 Å². The first-order valence-corrected chi connectivity index (χ1v) is 10.1. The predicted molar refractivity (Wildman–Crippen MR) is 112 cm³/mol. The van der Waals surface area contributed by atoms with E-state index in [1.54, 1.807) is 25.2 Å². The van der Waals surface area contributed by atoms with Gasteiger partial charge in [0.15, 0.2) is 0 Å². The van der Waals surface area contributed by atoms with Gasteiger partial charge in [-0.25, -0.2) is 0 Å². The van der Waals surface area contributed by atoms with Crippen LogP contribution in [-0.4, -0.2) is 47.0 Å². The summed E-state index contributed by atoms with van der Waals surface area (Å²) < 4.78 is 5.45. The minimum absolute atomic E-state index is 0.0330. The summed E-state index contributed by atoms with van der Waals surface area (Å²) in [5, 5.41) is 6.67. The molecule has 0 spiro atoms. The van der Waals surface area contributed by atoms with Crippen LogP contribution in [0.25, 0.3) is 11.4 Å². The average molecular weight is 404 g/mol. The van der Waals surface area contributed by atoms with Crippen molar-refractivity contribution in [2.45, 2.75) is 25.2 Å². The summed E-state index contributed by atoms with van der Waals surface area (Å²) >= 11 is 0. The van der Waals surface area contributed by atoms with E-state index in [1.165, 1.54) is 0 Å². The number of amides is 2. The number of hydrogen-bond acceptors (Lipinski definition) is 5. The van der Waals surface area contributed by atoms with Crippen LogP contribution in [-0.2, 0) is 4.79 Å².